The van der Waals surface area contributed by atoms with Crippen molar-refractivity contribution in [3.05, 3.63) is 70.7 Å². The summed E-state index contributed by atoms with van der Waals surface area (Å²) >= 11 is 6.61. The Morgan fingerprint density at radius 2 is 1.73 bits per heavy atom. The fourth-order valence-electron chi connectivity index (χ4n) is 2.79. The molecule has 1 heterocycles. The highest BCUT2D eigenvalue weighted by Gasteiger charge is 2.26. The van der Waals surface area contributed by atoms with E-state index in [0.717, 1.165) is 16.9 Å². The van der Waals surface area contributed by atoms with Crippen molar-refractivity contribution in [1.82, 2.24) is 14.9 Å². The minimum Gasteiger partial charge on any atom is -0.296 e. The highest BCUT2D eigenvalue weighted by atomic mass is 35.5. The number of nitrogens with one attached hydrogen (secondary N) is 2. The maximum absolute atomic E-state index is 12.9. The summed E-state index contributed by atoms with van der Waals surface area (Å²) in [5, 5.41) is 10.7. The second-order valence-electron chi connectivity index (χ2n) is 7.05. The summed E-state index contributed by atoms with van der Waals surface area (Å²) in [5.74, 6) is -0.150. The van der Waals surface area contributed by atoms with E-state index < -0.39 is 22.0 Å². The van der Waals surface area contributed by atoms with Crippen LogP contribution in [0, 0.1) is 5.92 Å². The van der Waals surface area contributed by atoms with Gasteiger partial charge in [-0.1, -0.05) is 67.1 Å². The number of aromatic nitrogens is 2. The molecule has 30 heavy (non-hydrogen) atoms. The smallest absolute Gasteiger partial charge is 0.270 e. The molecule has 2 N–H and O–H groups in total. The fraction of sp³-hybridized carbons (Fsp3) is 0.250. The third kappa shape index (κ3) is 5.85. The summed E-state index contributed by atoms with van der Waals surface area (Å²) in [6, 6.07) is 15.3. The lowest BCUT2D eigenvalue weighted by Crippen LogP contribution is -2.29. The van der Waals surface area contributed by atoms with Crippen LogP contribution in [0.4, 0.5) is 5.13 Å². The average Bonchev–Trinajstić information content (AvgIpc) is 3.17. The van der Waals surface area contributed by atoms with Crippen LogP contribution >= 0.6 is 22.9 Å². The molecular weight excluding hydrogens is 444 g/mol. The molecule has 0 saturated carbocycles. The minimum atomic E-state index is -3.91. The van der Waals surface area contributed by atoms with Gasteiger partial charge >= 0.3 is 0 Å². The maximum atomic E-state index is 12.9. The molecule has 0 aliphatic rings. The van der Waals surface area contributed by atoms with Crippen LogP contribution in [0.3, 0.4) is 0 Å². The number of anilines is 1. The molecule has 0 bridgehead atoms. The van der Waals surface area contributed by atoms with Gasteiger partial charge in [0.1, 0.15) is 0 Å². The van der Waals surface area contributed by atoms with Gasteiger partial charge in [-0.15, -0.1) is 10.2 Å². The Morgan fingerprint density at radius 1 is 1.07 bits per heavy atom. The molecule has 0 unspecified atom stereocenters. The normalized spacial score (nSPS) is 12.7. The zero-order chi connectivity index (χ0) is 21.7. The van der Waals surface area contributed by atoms with Gasteiger partial charge in [0, 0.05) is 16.6 Å². The van der Waals surface area contributed by atoms with Crippen molar-refractivity contribution in [2.24, 2.45) is 5.92 Å². The van der Waals surface area contributed by atoms with Gasteiger partial charge in [0.25, 0.3) is 15.9 Å². The summed E-state index contributed by atoms with van der Waals surface area (Å²) in [7, 11) is -3.91. The first-order valence-electron chi connectivity index (χ1n) is 9.22. The van der Waals surface area contributed by atoms with Crippen LogP contribution in [0.5, 0.6) is 0 Å². The molecule has 0 aliphatic heterocycles. The van der Waals surface area contributed by atoms with Gasteiger partial charge in [-0.05, 0) is 42.2 Å². The molecule has 0 fully saturated rings. The first-order chi connectivity index (χ1) is 14.2. The predicted octanol–water partition coefficient (Wildman–Crippen LogP) is 4.51. The SMILES string of the molecule is CC(C)C[C@H](NS(=O)(=O)c1nnc(NC(=O)c2ccc(Cl)cc2)s1)c1ccccc1. The lowest BCUT2D eigenvalue weighted by molar-refractivity contribution is 0.102. The van der Waals surface area contributed by atoms with Gasteiger partial charge < -0.3 is 0 Å². The lowest BCUT2D eigenvalue weighted by atomic mass is 9.98. The van der Waals surface area contributed by atoms with E-state index in [1.54, 1.807) is 24.3 Å². The number of carbonyl (C=O) groups excluding carboxylic acids is 1. The first-order valence-corrected chi connectivity index (χ1v) is 11.9. The Labute approximate surface area is 184 Å². The van der Waals surface area contributed by atoms with Gasteiger partial charge in [-0.2, -0.15) is 0 Å². The number of benzene rings is 2. The molecule has 0 aliphatic carbocycles. The Hall–Kier alpha value is -2.33. The highest BCUT2D eigenvalue weighted by Crippen LogP contribution is 2.26. The second-order valence-corrected chi connectivity index (χ2v) is 10.3. The number of hydrogen-bond donors (Lipinski definition) is 2. The Morgan fingerprint density at radius 3 is 2.37 bits per heavy atom. The number of amides is 1. The Bertz CT molecular complexity index is 1100. The Balaban J connectivity index is 1.75. The second kappa shape index (κ2) is 9.65. The summed E-state index contributed by atoms with van der Waals surface area (Å²) in [5.41, 5.74) is 1.24. The van der Waals surface area contributed by atoms with Crippen LogP contribution < -0.4 is 10.0 Å². The standard InChI is InChI=1S/C20H21ClN4O3S2/c1-13(2)12-17(14-6-4-3-5-7-14)25-30(27,28)20-24-23-19(29-20)22-18(26)15-8-10-16(21)11-9-15/h3-11,13,17,25H,12H2,1-2H3,(H,22,23,26)/t17-/m0/s1. The van der Waals surface area contributed by atoms with E-state index >= 15 is 0 Å². The monoisotopic (exact) mass is 464 g/mol. The largest absolute Gasteiger partial charge is 0.296 e. The highest BCUT2D eigenvalue weighted by molar-refractivity contribution is 7.91. The van der Waals surface area contributed by atoms with Crippen molar-refractivity contribution in [1.29, 1.82) is 0 Å². The van der Waals surface area contributed by atoms with Crippen LogP contribution in [-0.2, 0) is 10.0 Å². The van der Waals surface area contributed by atoms with Crippen LogP contribution in [-0.4, -0.2) is 24.5 Å². The van der Waals surface area contributed by atoms with Crippen molar-refractivity contribution in [3.63, 3.8) is 0 Å². The average molecular weight is 465 g/mol. The molecule has 1 atom stereocenters. The van der Waals surface area contributed by atoms with Crippen LogP contribution in [0.25, 0.3) is 0 Å². The van der Waals surface area contributed by atoms with Gasteiger partial charge in [0.15, 0.2) is 0 Å². The first kappa shape index (κ1) is 22.4. The van der Waals surface area contributed by atoms with E-state index in [0.29, 0.717) is 17.0 Å². The van der Waals surface area contributed by atoms with Crippen LogP contribution in [0.2, 0.25) is 5.02 Å². The van der Waals surface area contributed by atoms with E-state index in [2.05, 4.69) is 20.2 Å². The summed E-state index contributed by atoms with van der Waals surface area (Å²) in [4.78, 5) is 12.3. The molecule has 7 nitrogen and oxygen atoms in total. The molecule has 10 heteroatoms. The molecule has 158 valence electrons. The van der Waals surface area contributed by atoms with E-state index in [1.165, 1.54) is 0 Å². The fourth-order valence-corrected chi connectivity index (χ4v) is 5.06. The number of halogens is 1. The third-order valence-electron chi connectivity index (χ3n) is 4.17. The van der Waals surface area contributed by atoms with E-state index in [1.807, 2.05) is 44.2 Å². The number of sulfonamides is 1. The topological polar surface area (TPSA) is 101 Å². The quantitative estimate of drug-likeness (QED) is 0.477. The number of carbonyl (C=O) groups is 1. The van der Waals surface area contributed by atoms with E-state index in [4.69, 9.17) is 11.6 Å². The maximum Gasteiger partial charge on any atom is 0.270 e. The van der Waals surface area contributed by atoms with Crippen LogP contribution in [0.15, 0.2) is 58.9 Å². The lowest BCUT2D eigenvalue weighted by Gasteiger charge is -2.20. The molecule has 0 spiro atoms. The van der Waals surface area contributed by atoms with Gasteiger partial charge in [0.2, 0.25) is 9.47 Å². The number of rotatable bonds is 8. The third-order valence-corrected chi connectivity index (χ3v) is 7.10. The molecule has 3 rings (SSSR count). The molecular formula is C20H21ClN4O3S2. The zero-order valence-corrected chi connectivity index (χ0v) is 18.8. The molecule has 0 radical (unpaired) electrons. The minimum absolute atomic E-state index is 0.0930. The molecule has 2 aromatic carbocycles. The molecule has 1 aromatic heterocycles. The summed E-state index contributed by atoms with van der Waals surface area (Å²) < 4.78 is 28.3. The molecule has 1 amide bonds. The predicted molar refractivity (Wildman–Crippen MR) is 118 cm³/mol. The summed E-state index contributed by atoms with van der Waals surface area (Å²) in [6.07, 6.45) is 0.627. The van der Waals surface area contributed by atoms with Gasteiger partial charge in [-0.3, -0.25) is 10.1 Å². The molecule has 0 saturated heterocycles. The number of nitrogens with zero attached hydrogens (tertiary/aromatic N) is 2. The van der Waals surface area contributed by atoms with Crippen molar-refractivity contribution >= 4 is 44.0 Å². The van der Waals surface area contributed by atoms with Crippen molar-refractivity contribution in [2.75, 3.05) is 5.32 Å². The zero-order valence-electron chi connectivity index (χ0n) is 16.4. The van der Waals surface area contributed by atoms with Gasteiger partial charge in [-0.25, -0.2) is 13.1 Å². The van der Waals surface area contributed by atoms with Crippen molar-refractivity contribution in [3.8, 4) is 0 Å². The van der Waals surface area contributed by atoms with Crippen molar-refractivity contribution < 1.29 is 13.2 Å². The van der Waals surface area contributed by atoms with Crippen molar-refractivity contribution in [2.45, 2.75) is 30.6 Å². The van der Waals surface area contributed by atoms with Gasteiger partial charge in [0.05, 0.1) is 0 Å². The van der Waals surface area contributed by atoms with E-state index in [9.17, 15) is 13.2 Å². The molecule has 3 aromatic rings. The number of hydrogen-bond acceptors (Lipinski definition) is 6. The van der Waals surface area contributed by atoms with Crippen LogP contribution in [0.1, 0.15) is 42.2 Å². The summed E-state index contributed by atoms with van der Waals surface area (Å²) in [6.45, 7) is 4.05. The van der Waals surface area contributed by atoms with E-state index in [-0.39, 0.29) is 15.4 Å². The Kier molecular flexibility index (Phi) is 7.19.